The van der Waals surface area contributed by atoms with E-state index in [4.69, 9.17) is 4.74 Å². The fourth-order valence-corrected chi connectivity index (χ4v) is 3.02. The summed E-state index contributed by atoms with van der Waals surface area (Å²) in [6.45, 7) is 9.31. The first-order chi connectivity index (χ1) is 12.0. The van der Waals surface area contributed by atoms with Crippen LogP contribution in [0.4, 0.5) is 0 Å². The van der Waals surface area contributed by atoms with Crippen molar-refractivity contribution in [1.82, 2.24) is 25.5 Å². The molecule has 0 spiro atoms. The molecule has 0 saturated carbocycles. The lowest BCUT2D eigenvalue weighted by Crippen LogP contribution is -2.27. The van der Waals surface area contributed by atoms with Crippen LogP contribution in [0, 0.1) is 13.8 Å². The summed E-state index contributed by atoms with van der Waals surface area (Å²) >= 11 is 1.32. The molecule has 7 nitrogen and oxygen atoms in total. The highest BCUT2D eigenvalue weighted by Crippen LogP contribution is 2.19. The molecule has 0 fully saturated rings. The highest BCUT2D eigenvalue weighted by Gasteiger charge is 2.12. The maximum Gasteiger partial charge on any atom is 0.230 e. The summed E-state index contributed by atoms with van der Waals surface area (Å²) in [4.78, 5) is 11.9. The van der Waals surface area contributed by atoms with E-state index in [1.165, 1.54) is 11.8 Å². The molecule has 2 aromatic rings. The van der Waals surface area contributed by atoms with Crippen LogP contribution in [0.5, 0.6) is 0 Å². The molecule has 0 atom stereocenters. The van der Waals surface area contributed by atoms with Crippen LogP contribution in [0.15, 0.2) is 23.4 Å². The van der Waals surface area contributed by atoms with Gasteiger partial charge in [0.2, 0.25) is 11.1 Å². The third-order valence-electron chi connectivity index (χ3n) is 3.32. The van der Waals surface area contributed by atoms with Crippen LogP contribution < -0.4 is 5.32 Å². The van der Waals surface area contributed by atoms with Crippen LogP contribution >= 0.6 is 11.8 Å². The highest BCUT2D eigenvalue weighted by molar-refractivity contribution is 7.99. The SMILES string of the molecule is Cc1cc(C)cc(-n2nnnc2SCC(=O)NCCCOC(C)C)c1. The van der Waals surface area contributed by atoms with E-state index in [9.17, 15) is 4.79 Å². The minimum Gasteiger partial charge on any atom is -0.379 e. The molecule has 0 aliphatic heterocycles. The van der Waals surface area contributed by atoms with Crippen LogP contribution in [-0.2, 0) is 9.53 Å². The van der Waals surface area contributed by atoms with Gasteiger partial charge < -0.3 is 10.1 Å². The van der Waals surface area contributed by atoms with E-state index in [1.54, 1.807) is 4.68 Å². The molecule has 0 bridgehead atoms. The number of nitrogens with zero attached hydrogens (tertiary/aromatic N) is 4. The smallest absolute Gasteiger partial charge is 0.230 e. The second-order valence-electron chi connectivity index (χ2n) is 6.13. The first-order valence-electron chi connectivity index (χ1n) is 8.34. The van der Waals surface area contributed by atoms with Crippen molar-refractivity contribution in [2.75, 3.05) is 18.9 Å². The summed E-state index contributed by atoms with van der Waals surface area (Å²) in [5.74, 6) is 0.237. The van der Waals surface area contributed by atoms with E-state index in [0.29, 0.717) is 18.3 Å². The first kappa shape index (κ1) is 19.4. The molecule has 0 aliphatic carbocycles. The molecule has 1 aromatic heterocycles. The standard InChI is InChI=1S/C17H25N5O2S/c1-12(2)24-7-5-6-18-16(23)11-25-17-19-20-21-22(17)15-9-13(3)8-14(4)10-15/h8-10,12H,5-7,11H2,1-4H3,(H,18,23). The van der Waals surface area contributed by atoms with E-state index in [-0.39, 0.29) is 17.8 Å². The number of ether oxygens (including phenoxy) is 1. The quantitative estimate of drug-likeness (QED) is 0.544. The molecule has 1 heterocycles. The van der Waals surface area contributed by atoms with Crippen LogP contribution in [0.3, 0.4) is 0 Å². The largest absolute Gasteiger partial charge is 0.379 e. The molecule has 1 amide bonds. The van der Waals surface area contributed by atoms with Crippen LogP contribution in [0.25, 0.3) is 5.69 Å². The number of hydrogen-bond acceptors (Lipinski definition) is 6. The number of aromatic nitrogens is 4. The molecule has 1 N–H and O–H groups in total. The number of thioether (sulfide) groups is 1. The average molecular weight is 363 g/mol. The molecule has 8 heteroatoms. The van der Waals surface area contributed by atoms with Gasteiger partial charge >= 0.3 is 0 Å². The lowest BCUT2D eigenvalue weighted by molar-refractivity contribution is -0.118. The normalized spacial score (nSPS) is 11.1. The predicted octanol–water partition coefficient (Wildman–Crippen LogP) is 2.30. The number of hydrogen-bond donors (Lipinski definition) is 1. The van der Waals surface area contributed by atoms with Gasteiger partial charge in [0.15, 0.2) is 0 Å². The molecular weight excluding hydrogens is 338 g/mol. The van der Waals surface area contributed by atoms with Crippen molar-refractivity contribution in [2.24, 2.45) is 0 Å². The molecule has 0 unspecified atom stereocenters. The maximum absolute atomic E-state index is 11.9. The number of carbonyl (C=O) groups excluding carboxylic acids is 1. The number of tetrazole rings is 1. The van der Waals surface area contributed by atoms with E-state index in [2.05, 4.69) is 26.9 Å². The van der Waals surface area contributed by atoms with E-state index in [0.717, 1.165) is 23.2 Å². The average Bonchev–Trinajstić information content (AvgIpc) is 3.00. The van der Waals surface area contributed by atoms with Gasteiger partial charge in [-0.25, -0.2) is 0 Å². The number of aryl methyl sites for hydroxylation is 2. The lowest BCUT2D eigenvalue weighted by Gasteiger charge is -2.08. The van der Waals surface area contributed by atoms with Crippen LogP contribution in [-0.4, -0.2) is 51.1 Å². The van der Waals surface area contributed by atoms with Gasteiger partial charge in [0.1, 0.15) is 0 Å². The zero-order valence-corrected chi connectivity index (χ0v) is 16.0. The Hall–Kier alpha value is -1.93. The van der Waals surface area contributed by atoms with Crippen molar-refractivity contribution >= 4 is 17.7 Å². The molecule has 136 valence electrons. The van der Waals surface area contributed by atoms with E-state index >= 15 is 0 Å². The minimum absolute atomic E-state index is 0.0375. The summed E-state index contributed by atoms with van der Waals surface area (Å²) in [6, 6.07) is 6.13. The number of benzene rings is 1. The summed E-state index contributed by atoms with van der Waals surface area (Å²) in [5, 5.41) is 15.3. The second-order valence-corrected chi connectivity index (χ2v) is 7.07. The third-order valence-corrected chi connectivity index (χ3v) is 4.24. The number of rotatable bonds is 9. The maximum atomic E-state index is 11.9. The van der Waals surface area contributed by atoms with Gasteiger partial charge in [0, 0.05) is 13.2 Å². The summed E-state index contributed by atoms with van der Waals surface area (Å²) in [6.07, 6.45) is 1.02. The lowest BCUT2D eigenvalue weighted by atomic mass is 10.1. The second kappa shape index (κ2) is 9.53. The Balaban J connectivity index is 1.84. The molecular formula is C17H25N5O2S. The Morgan fingerprint density at radius 3 is 2.68 bits per heavy atom. The Kier molecular flexibility index (Phi) is 7.39. The Morgan fingerprint density at radius 1 is 1.28 bits per heavy atom. The monoisotopic (exact) mass is 363 g/mol. The fourth-order valence-electron chi connectivity index (χ4n) is 2.30. The van der Waals surface area contributed by atoms with Crippen molar-refractivity contribution < 1.29 is 9.53 Å². The van der Waals surface area contributed by atoms with Gasteiger partial charge in [0.05, 0.1) is 17.5 Å². The van der Waals surface area contributed by atoms with Crippen molar-refractivity contribution in [3.63, 3.8) is 0 Å². The number of carbonyl (C=O) groups is 1. The van der Waals surface area contributed by atoms with Gasteiger partial charge in [-0.15, -0.1) is 5.10 Å². The highest BCUT2D eigenvalue weighted by atomic mass is 32.2. The molecule has 0 radical (unpaired) electrons. The molecule has 1 aromatic carbocycles. The molecule has 2 rings (SSSR count). The zero-order valence-electron chi connectivity index (χ0n) is 15.2. The minimum atomic E-state index is -0.0375. The number of nitrogens with one attached hydrogen (secondary N) is 1. The van der Waals surface area contributed by atoms with Crippen molar-refractivity contribution in [2.45, 2.75) is 45.4 Å². The van der Waals surface area contributed by atoms with Gasteiger partial charge in [-0.1, -0.05) is 17.8 Å². The van der Waals surface area contributed by atoms with Crippen LogP contribution in [0.1, 0.15) is 31.4 Å². The van der Waals surface area contributed by atoms with Gasteiger partial charge in [0.25, 0.3) is 0 Å². The number of amides is 1. The Bertz CT molecular complexity index is 682. The summed E-state index contributed by atoms with van der Waals surface area (Å²) in [7, 11) is 0. The van der Waals surface area contributed by atoms with E-state index < -0.39 is 0 Å². The zero-order chi connectivity index (χ0) is 18.2. The van der Waals surface area contributed by atoms with Gasteiger partial charge in [-0.05, 0) is 67.8 Å². The van der Waals surface area contributed by atoms with Crippen molar-refractivity contribution in [3.8, 4) is 5.69 Å². The summed E-state index contributed by atoms with van der Waals surface area (Å²) < 4.78 is 7.10. The Morgan fingerprint density at radius 2 is 2.00 bits per heavy atom. The van der Waals surface area contributed by atoms with Crippen LogP contribution in [0.2, 0.25) is 0 Å². The van der Waals surface area contributed by atoms with Crippen molar-refractivity contribution in [3.05, 3.63) is 29.3 Å². The summed E-state index contributed by atoms with van der Waals surface area (Å²) in [5.41, 5.74) is 3.18. The van der Waals surface area contributed by atoms with Gasteiger partial charge in [-0.2, -0.15) is 4.68 Å². The molecule has 0 aliphatic rings. The molecule has 25 heavy (non-hydrogen) atoms. The topological polar surface area (TPSA) is 81.9 Å². The third kappa shape index (κ3) is 6.47. The van der Waals surface area contributed by atoms with Gasteiger partial charge in [-0.3, -0.25) is 4.79 Å². The van der Waals surface area contributed by atoms with Crippen molar-refractivity contribution in [1.29, 1.82) is 0 Å². The fraction of sp³-hybridized carbons (Fsp3) is 0.529. The van der Waals surface area contributed by atoms with E-state index in [1.807, 2.05) is 39.8 Å². The first-order valence-corrected chi connectivity index (χ1v) is 9.32. The Labute approximate surface area is 152 Å². The predicted molar refractivity (Wildman–Crippen MR) is 98.1 cm³/mol. The molecule has 0 saturated heterocycles.